The van der Waals surface area contributed by atoms with Crippen LogP contribution in [0.4, 0.5) is 5.69 Å². The van der Waals surface area contributed by atoms with Crippen LogP contribution in [0.25, 0.3) is 0 Å². The number of carbonyl (C=O) groups is 1. The number of aromatic nitrogens is 1. The van der Waals surface area contributed by atoms with Crippen LogP contribution in [0, 0.1) is 18.3 Å². The SMILES string of the molecule is Cc1ncoc1CC(=O)Nc1ccccc1C#N. The number of amides is 1. The number of carbonyl (C=O) groups excluding carboxylic acids is 1. The molecule has 0 aliphatic carbocycles. The van der Waals surface area contributed by atoms with Gasteiger partial charge in [-0.2, -0.15) is 5.26 Å². The van der Waals surface area contributed by atoms with Crippen molar-refractivity contribution in [1.29, 1.82) is 5.26 Å². The van der Waals surface area contributed by atoms with Gasteiger partial charge in [0.15, 0.2) is 6.39 Å². The van der Waals surface area contributed by atoms with Gasteiger partial charge in [-0.05, 0) is 19.1 Å². The van der Waals surface area contributed by atoms with Crippen molar-refractivity contribution in [1.82, 2.24) is 4.98 Å². The normalized spacial score (nSPS) is 9.78. The lowest BCUT2D eigenvalue weighted by Gasteiger charge is -2.05. The van der Waals surface area contributed by atoms with Crippen molar-refractivity contribution in [3.05, 3.63) is 47.7 Å². The molecule has 5 heteroatoms. The fourth-order valence-electron chi connectivity index (χ4n) is 1.53. The summed E-state index contributed by atoms with van der Waals surface area (Å²) in [5.41, 5.74) is 1.63. The maximum Gasteiger partial charge on any atom is 0.232 e. The van der Waals surface area contributed by atoms with Gasteiger partial charge in [-0.25, -0.2) is 4.98 Å². The first-order valence-corrected chi connectivity index (χ1v) is 5.38. The molecular formula is C13H11N3O2. The Morgan fingerprint density at radius 1 is 1.50 bits per heavy atom. The summed E-state index contributed by atoms with van der Waals surface area (Å²) in [5, 5.41) is 11.6. The lowest BCUT2D eigenvalue weighted by atomic mass is 10.2. The number of nitriles is 1. The molecule has 1 N–H and O–H groups in total. The van der Waals surface area contributed by atoms with Crippen molar-refractivity contribution in [2.75, 3.05) is 5.32 Å². The zero-order valence-electron chi connectivity index (χ0n) is 9.80. The third kappa shape index (κ3) is 2.55. The summed E-state index contributed by atoms with van der Waals surface area (Å²) in [6.07, 6.45) is 1.41. The molecule has 1 aromatic heterocycles. The number of benzene rings is 1. The van der Waals surface area contributed by atoms with Crippen molar-refractivity contribution < 1.29 is 9.21 Å². The van der Waals surface area contributed by atoms with Gasteiger partial charge in [0, 0.05) is 0 Å². The van der Waals surface area contributed by atoms with Gasteiger partial charge in [0.1, 0.15) is 11.8 Å². The van der Waals surface area contributed by atoms with Crippen LogP contribution >= 0.6 is 0 Å². The predicted molar refractivity (Wildman–Crippen MR) is 64.7 cm³/mol. The molecule has 1 heterocycles. The second-order valence-corrected chi connectivity index (χ2v) is 3.74. The van der Waals surface area contributed by atoms with Gasteiger partial charge in [-0.3, -0.25) is 4.79 Å². The Hall–Kier alpha value is -2.61. The smallest absolute Gasteiger partial charge is 0.232 e. The van der Waals surface area contributed by atoms with E-state index in [2.05, 4.69) is 10.3 Å². The van der Waals surface area contributed by atoms with Crippen LogP contribution < -0.4 is 5.32 Å². The van der Waals surface area contributed by atoms with Crippen molar-refractivity contribution >= 4 is 11.6 Å². The van der Waals surface area contributed by atoms with Crippen LogP contribution in [0.5, 0.6) is 0 Å². The average Bonchev–Trinajstić information content (AvgIpc) is 2.75. The van der Waals surface area contributed by atoms with E-state index in [0.29, 0.717) is 22.7 Å². The minimum atomic E-state index is -0.238. The van der Waals surface area contributed by atoms with Crippen LogP contribution in [0.1, 0.15) is 17.0 Å². The zero-order chi connectivity index (χ0) is 13.0. The molecule has 90 valence electrons. The fourth-order valence-corrected chi connectivity index (χ4v) is 1.53. The number of anilines is 1. The summed E-state index contributed by atoms with van der Waals surface area (Å²) < 4.78 is 5.09. The Morgan fingerprint density at radius 3 is 2.94 bits per heavy atom. The Bertz CT molecular complexity index is 611. The molecule has 1 amide bonds. The predicted octanol–water partition coefficient (Wildman–Crippen LogP) is 2.04. The number of hydrogen-bond acceptors (Lipinski definition) is 4. The zero-order valence-corrected chi connectivity index (χ0v) is 9.80. The van der Waals surface area contributed by atoms with E-state index in [-0.39, 0.29) is 12.3 Å². The molecule has 0 spiro atoms. The Labute approximate surface area is 104 Å². The molecular weight excluding hydrogens is 230 g/mol. The highest BCUT2D eigenvalue weighted by Gasteiger charge is 2.11. The van der Waals surface area contributed by atoms with E-state index in [0.717, 1.165) is 0 Å². The molecule has 0 unspecified atom stereocenters. The molecule has 0 radical (unpaired) electrons. The maximum atomic E-state index is 11.8. The summed E-state index contributed by atoms with van der Waals surface area (Å²) in [6, 6.07) is 8.86. The van der Waals surface area contributed by atoms with E-state index < -0.39 is 0 Å². The first kappa shape index (κ1) is 11.9. The molecule has 18 heavy (non-hydrogen) atoms. The van der Waals surface area contributed by atoms with Gasteiger partial charge in [-0.15, -0.1) is 0 Å². The van der Waals surface area contributed by atoms with E-state index in [1.807, 2.05) is 6.07 Å². The van der Waals surface area contributed by atoms with E-state index >= 15 is 0 Å². The van der Waals surface area contributed by atoms with Crippen LogP contribution in [0.2, 0.25) is 0 Å². The van der Waals surface area contributed by atoms with Crippen molar-refractivity contribution in [2.45, 2.75) is 13.3 Å². The second kappa shape index (κ2) is 5.15. The van der Waals surface area contributed by atoms with E-state index in [9.17, 15) is 4.79 Å². The van der Waals surface area contributed by atoms with Gasteiger partial charge < -0.3 is 9.73 Å². The monoisotopic (exact) mass is 241 g/mol. The summed E-state index contributed by atoms with van der Waals surface area (Å²) in [5.74, 6) is 0.291. The van der Waals surface area contributed by atoms with E-state index in [1.54, 1.807) is 31.2 Å². The lowest BCUT2D eigenvalue weighted by Crippen LogP contribution is -2.15. The van der Waals surface area contributed by atoms with Crippen LogP contribution in [-0.2, 0) is 11.2 Å². The van der Waals surface area contributed by atoms with E-state index in [1.165, 1.54) is 6.39 Å². The first-order chi connectivity index (χ1) is 8.70. The number of nitrogens with zero attached hydrogens (tertiary/aromatic N) is 2. The van der Waals surface area contributed by atoms with Crippen LogP contribution in [0.3, 0.4) is 0 Å². The number of hydrogen-bond donors (Lipinski definition) is 1. The summed E-state index contributed by atoms with van der Waals surface area (Å²) >= 11 is 0. The molecule has 1 aromatic carbocycles. The molecule has 2 aromatic rings. The summed E-state index contributed by atoms with van der Waals surface area (Å²) in [6.45, 7) is 1.77. The lowest BCUT2D eigenvalue weighted by molar-refractivity contribution is -0.115. The number of rotatable bonds is 3. The fraction of sp³-hybridized carbons (Fsp3) is 0.154. The highest BCUT2D eigenvalue weighted by Crippen LogP contribution is 2.14. The molecule has 2 rings (SSSR count). The molecule has 5 nitrogen and oxygen atoms in total. The van der Waals surface area contributed by atoms with E-state index in [4.69, 9.17) is 9.68 Å². The van der Waals surface area contributed by atoms with Gasteiger partial charge >= 0.3 is 0 Å². The third-order valence-electron chi connectivity index (χ3n) is 2.49. The van der Waals surface area contributed by atoms with Gasteiger partial charge in [0.2, 0.25) is 5.91 Å². The molecule has 0 aliphatic heterocycles. The standard InChI is InChI=1S/C13H11N3O2/c1-9-12(18-8-15-9)6-13(17)16-11-5-3-2-4-10(11)7-14/h2-5,8H,6H2,1H3,(H,16,17). The Balaban J connectivity index is 2.08. The molecule has 0 fully saturated rings. The number of nitrogens with one attached hydrogen (secondary N) is 1. The molecule has 0 bridgehead atoms. The topological polar surface area (TPSA) is 78.9 Å². The Morgan fingerprint density at radius 2 is 2.28 bits per heavy atom. The molecule has 0 atom stereocenters. The Kier molecular flexibility index (Phi) is 3.39. The molecule has 0 saturated carbocycles. The quantitative estimate of drug-likeness (QED) is 0.891. The highest BCUT2D eigenvalue weighted by molar-refractivity contribution is 5.93. The molecule has 0 aliphatic rings. The van der Waals surface area contributed by atoms with Gasteiger partial charge in [0.25, 0.3) is 0 Å². The van der Waals surface area contributed by atoms with Crippen molar-refractivity contribution in [3.63, 3.8) is 0 Å². The van der Waals surface area contributed by atoms with Gasteiger partial charge in [-0.1, -0.05) is 12.1 Å². The maximum absolute atomic E-state index is 11.8. The van der Waals surface area contributed by atoms with Crippen LogP contribution in [0.15, 0.2) is 35.1 Å². The van der Waals surface area contributed by atoms with Crippen LogP contribution in [-0.4, -0.2) is 10.9 Å². The van der Waals surface area contributed by atoms with Crippen molar-refractivity contribution in [3.8, 4) is 6.07 Å². The minimum absolute atomic E-state index is 0.103. The third-order valence-corrected chi connectivity index (χ3v) is 2.49. The minimum Gasteiger partial charge on any atom is -0.448 e. The largest absolute Gasteiger partial charge is 0.448 e. The summed E-state index contributed by atoms with van der Waals surface area (Å²) in [7, 11) is 0. The second-order valence-electron chi connectivity index (χ2n) is 3.74. The van der Waals surface area contributed by atoms with Crippen molar-refractivity contribution in [2.24, 2.45) is 0 Å². The number of para-hydroxylation sites is 1. The highest BCUT2D eigenvalue weighted by atomic mass is 16.3. The van der Waals surface area contributed by atoms with Gasteiger partial charge in [0.05, 0.1) is 23.4 Å². The average molecular weight is 241 g/mol. The molecule has 0 saturated heterocycles. The number of oxazole rings is 1. The summed E-state index contributed by atoms with van der Waals surface area (Å²) in [4.78, 5) is 15.7. The number of aryl methyl sites for hydroxylation is 1. The first-order valence-electron chi connectivity index (χ1n) is 5.38.